The summed E-state index contributed by atoms with van der Waals surface area (Å²) in [6.45, 7) is 2.82. The fraction of sp³-hybridized carbons (Fsp3) is 0.316. The number of aromatic amines is 1. The number of aliphatic carboxylic acids is 1. The maximum absolute atomic E-state index is 12.8. The van der Waals surface area contributed by atoms with Crippen LogP contribution in [0.3, 0.4) is 0 Å². The van der Waals surface area contributed by atoms with Crippen LogP contribution in [0.5, 0.6) is 0 Å². The molecule has 1 saturated heterocycles. The number of likely N-dealkylation sites (tertiary alicyclic amines) is 1. The molecule has 3 heterocycles. The Kier molecular flexibility index (Phi) is 3.67. The number of hydrogen-bond donors (Lipinski definition) is 2. The van der Waals surface area contributed by atoms with Crippen LogP contribution in [0.4, 0.5) is 0 Å². The number of carboxylic acids is 1. The Hall–Kier alpha value is -2.89. The van der Waals surface area contributed by atoms with Gasteiger partial charge in [-0.05, 0) is 31.9 Å². The van der Waals surface area contributed by atoms with Crippen LogP contribution in [0.2, 0.25) is 0 Å². The van der Waals surface area contributed by atoms with Gasteiger partial charge in [-0.25, -0.2) is 4.98 Å². The highest BCUT2D eigenvalue weighted by Gasteiger charge is 2.28. The molecule has 1 amide bonds. The minimum Gasteiger partial charge on any atom is -0.481 e. The summed E-state index contributed by atoms with van der Waals surface area (Å²) >= 11 is 0. The Bertz CT molecular complexity index is 984. The number of benzene rings is 1. The van der Waals surface area contributed by atoms with Crippen molar-refractivity contribution in [1.82, 2.24) is 14.9 Å². The van der Waals surface area contributed by atoms with Crippen molar-refractivity contribution in [2.75, 3.05) is 13.1 Å². The monoisotopic (exact) mass is 337 g/mol. The van der Waals surface area contributed by atoms with Crippen LogP contribution in [0, 0.1) is 12.8 Å². The molecule has 25 heavy (non-hydrogen) atoms. The Morgan fingerprint density at radius 3 is 2.64 bits per heavy atom. The van der Waals surface area contributed by atoms with Crippen LogP contribution in [-0.2, 0) is 4.79 Å². The second-order valence-corrected chi connectivity index (χ2v) is 6.59. The van der Waals surface area contributed by atoms with Gasteiger partial charge in [-0.2, -0.15) is 0 Å². The third-order valence-electron chi connectivity index (χ3n) is 5.03. The molecule has 2 N–H and O–H groups in total. The SMILES string of the molecule is Cc1nc(C(=O)N2CCC(C(=O)O)CC2)cc2c1[nH]c1ccccc12. The lowest BCUT2D eigenvalue weighted by Crippen LogP contribution is -2.40. The lowest BCUT2D eigenvalue weighted by Gasteiger charge is -2.29. The zero-order chi connectivity index (χ0) is 17.6. The van der Waals surface area contributed by atoms with Crippen molar-refractivity contribution in [2.45, 2.75) is 19.8 Å². The molecule has 2 aromatic heterocycles. The molecule has 0 radical (unpaired) electrons. The zero-order valence-corrected chi connectivity index (χ0v) is 14.0. The largest absolute Gasteiger partial charge is 0.481 e. The molecule has 4 rings (SSSR count). The number of carbonyl (C=O) groups is 2. The number of para-hydroxylation sites is 1. The number of pyridine rings is 1. The van der Waals surface area contributed by atoms with Crippen molar-refractivity contribution in [3.63, 3.8) is 0 Å². The van der Waals surface area contributed by atoms with Crippen molar-refractivity contribution in [1.29, 1.82) is 0 Å². The van der Waals surface area contributed by atoms with Crippen LogP contribution in [0.1, 0.15) is 29.0 Å². The third-order valence-corrected chi connectivity index (χ3v) is 5.03. The first-order chi connectivity index (χ1) is 12.0. The average Bonchev–Trinajstić information content (AvgIpc) is 3.00. The molecule has 6 heteroatoms. The quantitative estimate of drug-likeness (QED) is 0.753. The highest BCUT2D eigenvalue weighted by Crippen LogP contribution is 2.28. The van der Waals surface area contributed by atoms with Crippen LogP contribution < -0.4 is 0 Å². The van der Waals surface area contributed by atoms with E-state index in [2.05, 4.69) is 9.97 Å². The van der Waals surface area contributed by atoms with Crippen molar-refractivity contribution in [3.8, 4) is 0 Å². The summed E-state index contributed by atoms with van der Waals surface area (Å²) in [6.07, 6.45) is 0.991. The van der Waals surface area contributed by atoms with Crippen LogP contribution in [0.15, 0.2) is 30.3 Å². The van der Waals surface area contributed by atoms with Gasteiger partial charge in [-0.1, -0.05) is 18.2 Å². The summed E-state index contributed by atoms with van der Waals surface area (Å²) in [7, 11) is 0. The first-order valence-corrected chi connectivity index (χ1v) is 8.45. The summed E-state index contributed by atoms with van der Waals surface area (Å²) < 4.78 is 0. The second kappa shape index (κ2) is 5.88. The number of H-pyrrole nitrogens is 1. The minimum absolute atomic E-state index is 0.126. The first-order valence-electron chi connectivity index (χ1n) is 8.45. The van der Waals surface area contributed by atoms with Gasteiger partial charge in [0.15, 0.2) is 0 Å². The second-order valence-electron chi connectivity index (χ2n) is 6.59. The van der Waals surface area contributed by atoms with E-state index in [0.717, 1.165) is 27.5 Å². The van der Waals surface area contributed by atoms with Crippen LogP contribution in [0.25, 0.3) is 21.8 Å². The summed E-state index contributed by atoms with van der Waals surface area (Å²) in [6, 6.07) is 9.82. The predicted molar refractivity (Wildman–Crippen MR) is 94.6 cm³/mol. The van der Waals surface area contributed by atoms with E-state index >= 15 is 0 Å². The minimum atomic E-state index is -0.777. The molecule has 0 atom stereocenters. The molecular formula is C19H19N3O3. The van der Waals surface area contributed by atoms with E-state index in [-0.39, 0.29) is 11.8 Å². The number of hydrogen-bond acceptors (Lipinski definition) is 3. The summed E-state index contributed by atoms with van der Waals surface area (Å²) in [5.41, 5.74) is 3.18. The van der Waals surface area contributed by atoms with Gasteiger partial charge in [0.1, 0.15) is 5.69 Å². The highest BCUT2D eigenvalue weighted by molar-refractivity contribution is 6.10. The number of aryl methyl sites for hydroxylation is 1. The van der Waals surface area contributed by atoms with E-state index in [1.54, 1.807) is 4.90 Å². The number of amides is 1. The molecule has 0 bridgehead atoms. The Balaban J connectivity index is 1.68. The van der Waals surface area contributed by atoms with Gasteiger partial charge in [0.25, 0.3) is 5.91 Å². The summed E-state index contributed by atoms with van der Waals surface area (Å²) in [5.74, 6) is -1.25. The van der Waals surface area contributed by atoms with E-state index in [9.17, 15) is 9.59 Å². The Morgan fingerprint density at radius 2 is 1.92 bits per heavy atom. The maximum Gasteiger partial charge on any atom is 0.306 e. The molecule has 3 aromatic rings. The van der Waals surface area contributed by atoms with Gasteiger partial charge in [0, 0.05) is 29.4 Å². The summed E-state index contributed by atoms with van der Waals surface area (Å²) in [4.78, 5) is 33.5. The van der Waals surface area contributed by atoms with Crippen molar-refractivity contribution < 1.29 is 14.7 Å². The number of carboxylic acid groups (broad SMARTS) is 1. The molecule has 6 nitrogen and oxygen atoms in total. The van der Waals surface area contributed by atoms with Crippen LogP contribution >= 0.6 is 0 Å². The molecule has 0 aliphatic carbocycles. The highest BCUT2D eigenvalue weighted by atomic mass is 16.4. The molecule has 1 fully saturated rings. The van der Waals surface area contributed by atoms with Gasteiger partial charge in [-0.3, -0.25) is 9.59 Å². The Morgan fingerprint density at radius 1 is 1.20 bits per heavy atom. The number of piperidine rings is 1. The molecule has 1 aromatic carbocycles. The van der Waals surface area contributed by atoms with E-state index in [4.69, 9.17) is 5.11 Å². The van der Waals surface area contributed by atoms with Gasteiger partial charge >= 0.3 is 5.97 Å². The van der Waals surface area contributed by atoms with E-state index in [1.807, 2.05) is 37.3 Å². The lowest BCUT2D eigenvalue weighted by atomic mass is 9.97. The van der Waals surface area contributed by atoms with Crippen molar-refractivity contribution in [3.05, 3.63) is 41.7 Å². The van der Waals surface area contributed by atoms with Crippen LogP contribution in [-0.4, -0.2) is 44.9 Å². The normalized spacial score (nSPS) is 15.8. The van der Waals surface area contributed by atoms with Gasteiger partial charge in [-0.15, -0.1) is 0 Å². The number of carbonyl (C=O) groups excluding carboxylic acids is 1. The average molecular weight is 337 g/mol. The Labute approximate surface area is 144 Å². The topological polar surface area (TPSA) is 86.3 Å². The van der Waals surface area contributed by atoms with Crippen molar-refractivity contribution >= 4 is 33.7 Å². The molecule has 1 aliphatic rings. The molecule has 128 valence electrons. The molecule has 1 aliphatic heterocycles. The van der Waals surface area contributed by atoms with E-state index < -0.39 is 5.97 Å². The molecule has 0 unspecified atom stereocenters. The zero-order valence-electron chi connectivity index (χ0n) is 14.0. The molecule has 0 saturated carbocycles. The van der Waals surface area contributed by atoms with E-state index in [0.29, 0.717) is 31.6 Å². The number of rotatable bonds is 2. The number of fused-ring (bicyclic) bond motifs is 3. The van der Waals surface area contributed by atoms with E-state index in [1.165, 1.54) is 0 Å². The maximum atomic E-state index is 12.8. The fourth-order valence-corrected chi connectivity index (χ4v) is 3.61. The number of aromatic nitrogens is 2. The van der Waals surface area contributed by atoms with Gasteiger partial charge < -0.3 is 15.0 Å². The smallest absolute Gasteiger partial charge is 0.306 e. The van der Waals surface area contributed by atoms with Crippen molar-refractivity contribution in [2.24, 2.45) is 5.92 Å². The number of nitrogens with zero attached hydrogens (tertiary/aromatic N) is 2. The molecular weight excluding hydrogens is 318 g/mol. The number of nitrogens with one attached hydrogen (secondary N) is 1. The predicted octanol–water partition coefficient (Wildman–Crippen LogP) is 2.96. The molecule has 0 spiro atoms. The van der Waals surface area contributed by atoms with Gasteiger partial charge in [0.05, 0.1) is 17.1 Å². The van der Waals surface area contributed by atoms with Gasteiger partial charge in [0.2, 0.25) is 0 Å². The fourth-order valence-electron chi connectivity index (χ4n) is 3.61. The lowest BCUT2D eigenvalue weighted by molar-refractivity contribution is -0.143. The third kappa shape index (κ3) is 2.63. The first kappa shape index (κ1) is 15.6. The summed E-state index contributed by atoms with van der Waals surface area (Å²) in [5, 5.41) is 11.2. The standard InChI is InChI=1S/C19H19N3O3/c1-11-17-14(13-4-2-3-5-15(13)21-17)10-16(20-11)18(23)22-8-6-12(7-9-22)19(24)25/h2-5,10,12,21H,6-9H2,1H3,(H,24,25).